The molecule has 0 unspecified atom stereocenters. The number of aryl methyl sites for hydroxylation is 1. The van der Waals surface area contributed by atoms with Crippen molar-refractivity contribution in [3.8, 4) is 0 Å². The summed E-state index contributed by atoms with van der Waals surface area (Å²) in [5.41, 5.74) is 2.12. The maximum Gasteiger partial charge on any atom is 0.253 e. The highest BCUT2D eigenvalue weighted by Crippen LogP contribution is 1.98. The molecule has 5 nitrogen and oxygen atoms in total. The van der Waals surface area contributed by atoms with Crippen LogP contribution in [0.3, 0.4) is 0 Å². The monoisotopic (exact) mass is 228 g/mol. The van der Waals surface area contributed by atoms with Crippen LogP contribution in [0.2, 0.25) is 0 Å². The number of aromatic nitrogens is 3. The third kappa shape index (κ3) is 3.07. The lowest BCUT2D eigenvalue weighted by molar-refractivity contribution is 0.0950. The van der Waals surface area contributed by atoms with Crippen LogP contribution in [-0.4, -0.2) is 21.1 Å². The van der Waals surface area contributed by atoms with Crippen LogP contribution in [-0.2, 0) is 6.54 Å². The second-order valence-corrected chi connectivity index (χ2v) is 3.59. The topological polar surface area (TPSA) is 67.8 Å². The molecule has 0 radical (unpaired) electrons. The maximum absolute atomic E-state index is 11.7. The van der Waals surface area contributed by atoms with Gasteiger partial charge >= 0.3 is 0 Å². The van der Waals surface area contributed by atoms with Crippen LogP contribution in [0.25, 0.3) is 0 Å². The number of hydrogen-bond donors (Lipinski definition) is 1. The van der Waals surface area contributed by atoms with E-state index in [-0.39, 0.29) is 5.91 Å². The lowest BCUT2D eigenvalue weighted by Gasteiger charge is -2.03. The van der Waals surface area contributed by atoms with Crippen LogP contribution in [0, 0.1) is 6.92 Å². The van der Waals surface area contributed by atoms with Crippen LogP contribution in [0.15, 0.2) is 36.7 Å². The number of carbonyl (C=O) groups excluding carboxylic acids is 1. The van der Waals surface area contributed by atoms with Crippen molar-refractivity contribution in [3.63, 3.8) is 0 Å². The zero-order chi connectivity index (χ0) is 12.1. The summed E-state index contributed by atoms with van der Waals surface area (Å²) < 4.78 is 0. The molecule has 1 amide bonds. The van der Waals surface area contributed by atoms with Crippen LogP contribution < -0.4 is 5.32 Å². The van der Waals surface area contributed by atoms with E-state index in [0.29, 0.717) is 12.1 Å². The molecule has 0 aliphatic heterocycles. The Hall–Kier alpha value is -2.30. The molecule has 5 heteroatoms. The molecule has 0 spiro atoms. The first-order chi connectivity index (χ1) is 8.25. The highest BCUT2D eigenvalue weighted by molar-refractivity contribution is 5.93. The summed E-state index contributed by atoms with van der Waals surface area (Å²) in [6.07, 6.45) is 3.15. The number of carbonyl (C=O) groups is 1. The predicted octanol–water partition coefficient (Wildman–Crippen LogP) is 1.11. The van der Waals surface area contributed by atoms with Crippen molar-refractivity contribution in [3.05, 3.63) is 53.6 Å². The Morgan fingerprint density at radius 3 is 2.82 bits per heavy atom. The Morgan fingerprint density at radius 1 is 1.29 bits per heavy atom. The minimum atomic E-state index is -0.166. The first kappa shape index (κ1) is 11.2. The third-order valence-electron chi connectivity index (χ3n) is 2.21. The second-order valence-electron chi connectivity index (χ2n) is 3.59. The minimum absolute atomic E-state index is 0.166. The Morgan fingerprint density at radius 2 is 2.18 bits per heavy atom. The Labute approximate surface area is 98.9 Å². The fourth-order valence-electron chi connectivity index (χ4n) is 1.29. The first-order valence-corrected chi connectivity index (χ1v) is 5.23. The molecule has 2 heterocycles. The van der Waals surface area contributed by atoms with Crippen LogP contribution in [0.4, 0.5) is 0 Å². The number of hydrogen-bond acceptors (Lipinski definition) is 4. The average Bonchev–Trinajstić information content (AvgIpc) is 2.39. The van der Waals surface area contributed by atoms with Crippen molar-refractivity contribution in [1.82, 2.24) is 20.5 Å². The number of nitrogens with zero attached hydrogens (tertiary/aromatic N) is 3. The summed E-state index contributed by atoms with van der Waals surface area (Å²) in [6, 6.07) is 7.13. The van der Waals surface area contributed by atoms with Gasteiger partial charge in [-0.05, 0) is 31.2 Å². The van der Waals surface area contributed by atoms with Gasteiger partial charge in [0.1, 0.15) is 0 Å². The van der Waals surface area contributed by atoms with Crippen molar-refractivity contribution in [2.24, 2.45) is 0 Å². The van der Waals surface area contributed by atoms with E-state index >= 15 is 0 Å². The smallest absolute Gasteiger partial charge is 0.253 e. The Kier molecular flexibility index (Phi) is 3.40. The van der Waals surface area contributed by atoms with Gasteiger partial charge in [0, 0.05) is 12.4 Å². The van der Waals surface area contributed by atoms with Crippen molar-refractivity contribution >= 4 is 5.91 Å². The standard InChI is InChI=1S/C12H12N4O/c1-9-4-5-11(16-15-9)8-14-12(17)10-3-2-6-13-7-10/h2-7H,8H2,1H3,(H,14,17). The largest absolute Gasteiger partial charge is 0.346 e. The minimum Gasteiger partial charge on any atom is -0.346 e. The molecule has 1 N–H and O–H groups in total. The zero-order valence-corrected chi connectivity index (χ0v) is 9.42. The summed E-state index contributed by atoms with van der Waals surface area (Å²) in [5.74, 6) is -0.166. The van der Waals surface area contributed by atoms with Gasteiger partial charge in [-0.2, -0.15) is 10.2 Å². The molecule has 0 bridgehead atoms. The molecule has 2 rings (SSSR count). The second kappa shape index (κ2) is 5.16. The SMILES string of the molecule is Cc1ccc(CNC(=O)c2cccnc2)nn1. The van der Waals surface area contributed by atoms with Crippen molar-refractivity contribution in [2.45, 2.75) is 13.5 Å². The summed E-state index contributed by atoms with van der Waals surface area (Å²) in [5, 5.41) is 10.6. The van der Waals surface area contributed by atoms with Crippen molar-refractivity contribution in [2.75, 3.05) is 0 Å². The van der Waals surface area contributed by atoms with Gasteiger partial charge in [0.05, 0.1) is 23.5 Å². The fraction of sp³-hybridized carbons (Fsp3) is 0.167. The van der Waals surface area contributed by atoms with Gasteiger partial charge < -0.3 is 5.32 Å². The molecule has 0 aliphatic rings. The van der Waals surface area contributed by atoms with Crippen LogP contribution in [0.5, 0.6) is 0 Å². The maximum atomic E-state index is 11.7. The number of amides is 1. The molecule has 2 aromatic heterocycles. The molecule has 0 fully saturated rings. The zero-order valence-electron chi connectivity index (χ0n) is 9.42. The molecule has 0 saturated heterocycles. The summed E-state index contributed by atoms with van der Waals surface area (Å²) in [4.78, 5) is 15.6. The van der Waals surface area contributed by atoms with Gasteiger partial charge in [0.2, 0.25) is 0 Å². The fourth-order valence-corrected chi connectivity index (χ4v) is 1.29. The molecule has 86 valence electrons. The van der Waals surface area contributed by atoms with Gasteiger partial charge in [0.15, 0.2) is 0 Å². The molecule has 0 atom stereocenters. The van der Waals surface area contributed by atoms with Gasteiger partial charge in [-0.1, -0.05) is 0 Å². The number of pyridine rings is 1. The lowest BCUT2D eigenvalue weighted by atomic mass is 10.2. The van der Waals surface area contributed by atoms with E-state index in [0.717, 1.165) is 11.4 Å². The number of nitrogens with one attached hydrogen (secondary N) is 1. The van der Waals surface area contributed by atoms with E-state index in [1.807, 2.05) is 19.1 Å². The van der Waals surface area contributed by atoms with E-state index in [9.17, 15) is 4.79 Å². The molecule has 0 aromatic carbocycles. The van der Waals surface area contributed by atoms with E-state index in [1.165, 1.54) is 6.20 Å². The molecular formula is C12H12N4O. The molecule has 17 heavy (non-hydrogen) atoms. The highest BCUT2D eigenvalue weighted by atomic mass is 16.1. The lowest BCUT2D eigenvalue weighted by Crippen LogP contribution is -2.23. The van der Waals surface area contributed by atoms with Gasteiger partial charge in [-0.25, -0.2) is 0 Å². The quantitative estimate of drug-likeness (QED) is 0.854. The Bertz CT molecular complexity index is 496. The molecular weight excluding hydrogens is 216 g/mol. The highest BCUT2D eigenvalue weighted by Gasteiger charge is 2.04. The molecule has 0 saturated carbocycles. The van der Waals surface area contributed by atoms with Gasteiger partial charge in [-0.3, -0.25) is 9.78 Å². The summed E-state index contributed by atoms with van der Waals surface area (Å²) in [6.45, 7) is 2.23. The van der Waals surface area contributed by atoms with E-state index in [1.54, 1.807) is 18.3 Å². The first-order valence-electron chi connectivity index (χ1n) is 5.23. The summed E-state index contributed by atoms with van der Waals surface area (Å²) >= 11 is 0. The molecule has 0 aliphatic carbocycles. The van der Waals surface area contributed by atoms with Gasteiger partial charge in [-0.15, -0.1) is 0 Å². The third-order valence-corrected chi connectivity index (χ3v) is 2.21. The number of rotatable bonds is 3. The summed E-state index contributed by atoms with van der Waals surface area (Å²) in [7, 11) is 0. The van der Waals surface area contributed by atoms with E-state index in [4.69, 9.17) is 0 Å². The van der Waals surface area contributed by atoms with Crippen molar-refractivity contribution < 1.29 is 4.79 Å². The molecule has 2 aromatic rings. The van der Waals surface area contributed by atoms with E-state index in [2.05, 4.69) is 20.5 Å². The predicted molar refractivity (Wildman–Crippen MR) is 62.2 cm³/mol. The van der Waals surface area contributed by atoms with Crippen LogP contribution in [0.1, 0.15) is 21.7 Å². The van der Waals surface area contributed by atoms with Gasteiger partial charge in [0.25, 0.3) is 5.91 Å². The average molecular weight is 228 g/mol. The van der Waals surface area contributed by atoms with Crippen LogP contribution >= 0.6 is 0 Å². The Balaban J connectivity index is 1.95. The van der Waals surface area contributed by atoms with Crippen molar-refractivity contribution in [1.29, 1.82) is 0 Å². The van der Waals surface area contributed by atoms with E-state index < -0.39 is 0 Å². The normalized spacial score (nSPS) is 9.94.